The molecule has 0 aliphatic carbocycles. The van der Waals surface area contributed by atoms with Crippen LogP contribution in [-0.2, 0) is 19.5 Å². The van der Waals surface area contributed by atoms with Crippen LogP contribution in [0.5, 0.6) is 11.5 Å². The highest BCUT2D eigenvalue weighted by Crippen LogP contribution is 2.32. The molecule has 2 aromatic carbocycles. The van der Waals surface area contributed by atoms with Gasteiger partial charge in [-0.05, 0) is 30.2 Å². The maximum Gasteiger partial charge on any atom is 0.231 e. The van der Waals surface area contributed by atoms with Crippen LogP contribution in [0, 0.1) is 0 Å². The number of nitrogens with one attached hydrogen (secondary N) is 2. The van der Waals surface area contributed by atoms with E-state index >= 15 is 0 Å². The number of hydrogen-bond donors (Lipinski definition) is 2. The molecule has 1 aliphatic heterocycles. The summed E-state index contributed by atoms with van der Waals surface area (Å²) in [5.74, 6) is 3.42. The summed E-state index contributed by atoms with van der Waals surface area (Å²) in [6.07, 6.45) is 4.70. The number of halogens is 1. The lowest BCUT2D eigenvalue weighted by Gasteiger charge is -2.12. The molecule has 0 atom stereocenters. The van der Waals surface area contributed by atoms with Crippen LogP contribution < -0.4 is 20.1 Å². The molecule has 0 unspecified atom stereocenters. The van der Waals surface area contributed by atoms with Crippen LogP contribution in [-0.4, -0.2) is 35.4 Å². The highest BCUT2D eigenvalue weighted by molar-refractivity contribution is 14.0. The van der Waals surface area contributed by atoms with E-state index in [0.717, 1.165) is 54.9 Å². The summed E-state index contributed by atoms with van der Waals surface area (Å²) in [6.45, 7) is 5.29. The number of rotatable bonds is 8. The minimum Gasteiger partial charge on any atom is -0.454 e. The van der Waals surface area contributed by atoms with Crippen molar-refractivity contribution in [1.29, 1.82) is 0 Å². The van der Waals surface area contributed by atoms with Crippen molar-refractivity contribution in [1.82, 2.24) is 20.2 Å². The van der Waals surface area contributed by atoms with Crippen LogP contribution in [0.15, 0.2) is 65.9 Å². The zero-order valence-electron chi connectivity index (χ0n) is 17.6. The average Bonchev–Trinajstić information content (AvgIpc) is 3.42. The van der Waals surface area contributed by atoms with E-state index in [9.17, 15) is 0 Å². The molecule has 1 aliphatic rings. The number of nitrogens with zero attached hydrogens (tertiary/aromatic N) is 3. The van der Waals surface area contributed by atoms with Crippen LogP contribution in [0.1, 0.15) is 23.9 Å². The number of benzene rings is 2. The second-order valence-corrected chi connectivity index (χ2v) is 7.02. The number of fused-ring (bicyclic) bond motifs is 1. The maximum absolute atomic E-state index is 5.44. The van der Waals surface area contributed by atoms with Gasteiger partial charge < -0.3 is 24.7 Å². The Morgan fingerprint density at radius 3 is 2.74 bits per heavy atom. The number of imidazole rings is 1. The Hall–Kier alpha value is -2.75. The molecule has 2 heterocycles. The molecule has 4 rings (SSSR count). The predicted molar refractivity (Wildman–Crippen MR) is 132 cm³/mol. The van der Waals surface area contributed by atoms with Gasteiger partial charge in [0, 0.05) is 38.4 Å². The van der Waals surface area contributed by atoms with Gasteiger partial charge in [-0.25, -0.2) is 9.98 Å². The van der Waals surface area contributed by atoms with Crippen molar-refractivity contribution in [3.05, 3.63) is 77.9 Å². The molecule has 0 saturated heterocycles. The smallest absolute Gasteiger partial charge is 0.231 e. The molecular formula is C23H28IN5O2. The normalized spacial score (nSPS) is 12.4. The predicted octanol–water partition coefficient (Wildman–Crippen LogP) is 3.58. The third kappa shape index (κ3) is 6.36. The Morgan fingerprint density at radius 2 is 1.90 bits per heavy atom. The third-order valence-corrected chi connectivity index (χ3v) is 4.84. The Balaban J connectivity index is 0.00000272. The van der Waals surface area contributed by atoms with Crippen molar-refractivity contribution >= 4 is 29.9 Å². The summed E-state index contributed by atoms with van der Waals surface area (Å²) in [6, 6.07) is 16.4. The Bertz CT molecular complexity index is 991. The standard InChI is InChI=1S/C23H27N5O2.HI/c1-2-24-23(27-15-19-8-9-20-21(14-19)30-17-29-20)26-11-10-22-25-12-13-28(22)16-18-6-4-3-5-7-18;/h3-9,12-14H,2,10-11,15-17H2,1H3,(H2,24,26,27);1H. The molecule has 3 aromatic rings. The molecule has 8 heteroatoms. The second kappa shape index (κ2) is 11.6. The lowest BCUT2D eigenvalue weighted by Crippen LogP contribution is -2.38. The van der Waals surface area contributed by atoms with E-state index in [1.54, 1.807) is 0 Å². The summed E-state index contributed by atoms with van der Waals surface area (Å²) in [5.41, 5.74) is 2.35. The number of aliphatic imine (C=N–C) groups is 1. The molecule has 7 nitrogen and oxygen atoms in total. The molecular weight excluding hydrogens is 505 g/mol. The largest absolute Gasteiger partial charge is 0.454 e. The minimum atomic E-state index is 0. The van der Waals surface area contributed by atoms with Gasteiger partial charge in [-0.2, -0.15) is 0 Å². The van der Waals surface area contributed by atoms with E-state index in [4.69, 9.17) is 9.47 Å². The Morgan fingerprint density at radius 1 is 1.06 bits per heavy atom. The SMILES string of the molecule is CCNC(=NCc1ccc2c(c1)OCO2)NCCc1nccn1Cc1ccccc1.I. The monoisotopic (exact) mass is 533 g/mol. The van der Waals surface area contributed by atoms with Crippen molar-refractivity contribution in [3.63, 3.8) is 0 Å². The molecule has 0 amide bonds. The fourth-order valence-electron chi connectivity index (χ4n) is 3.34. The van der Waals surface area contributed by atoms with Gasteiger partial charge in [-0.1, -0.05) is 36.4 Å². The number of aromatic nitrogens is 2. The lowest BCUT2D eigenvalue weighted by atomic mass is 10.2. The van der Waals surface area contributed by atoms with Crippen molar-refractivity contribution < 1.29 is 9.47 Å². The van der Waals surface area contributed by atoms with Crippen molar-refractivity contribution in [2.24, 2.45) is 4.99 Å². The van der Waals surface area contributed by atoms with Gasteiger partial charge in [0.2, 0.25) is 6.79 Å². The van der Waals surface area contributed by atoms with Gasteiger partial charge in [-0.3, -0.25) is 0 Å². The van der Waals surface area contributed by atoms with Gasteiger partial charge in [0.05, 0.1) is 6.54 Å². The van der Waals surface area contributed by atoms with Crippen LogP contribution in [0.2, 0.25) is 0 Å². The van der Waals surface area contributed by atoms with Crippen molar-refractivity contribution in [2.75, 3.05) is 19.9 Å². The molecule has 0 bridgehead atoms. The molecule has 1 aromatic heterocycles. The quantitative estimate of drug-likeness (QED) is 0.263. The number of hydrogen-bond acceptors (Lipinski definition) is 4. The van der Waals surface area contributed by atoms with Crippen molar-refractivity contribution in [2.45, 2.75) is 26.4 Å². The first-order chi connectivity index (χ1) is 14.8. The third-order valence-electron chi connectivity index (χ3n) is 4.84. The van der Waals surface area contributed by atoms with Crippen LogP contribution in [0.4, 0.5) is 0 Å². The molecule has 31 heavy (non-hydrogen) atoms. The first-order valence-electron chi connectivity index (χ1n) is 10.3. The minimum absolute atomic E-state index is 0. The Labute approximate surface area is 199 Å². The van der Waals surface area contributed by atoms with Gasteiger partial charge in [0.25, 0.3) is 0 Å². The number of guanidine groups is 1. The molecule has 0 fully saturated rings. The number of ether oxygens (including phenoxy) is 2. The van der Waals surface area contributed by atoms with Crippen LogP contribution >= 0.6 is 24.0 Å². The van der Waals surface area contributed by atoms with Crippen molar-refractivity contribution in [3.8, 4) is 11.5 Å². The highest BCUT2D eigenvalue weighted by Gasteiger charge is 2.13. The van der Waals surface area contributed by atoms with Gasteiger partial charge in [0.15, 0.2) is 17.5 Å². The maximum atomic E-state index is 5.44. The molecule has 0 spiro atoms. The molecule has 2 N–H and O–H groups in total. The molecule has 0 radical (unpaired) electrons. The molecule has 0 saturated carbocycles. The van der Waals surface area contributed by atoms with E-state index in [2.05, 4.69) is 56.4 Å². The molecule has 164 valence electrons. The second-order valence-electron chi connectivity index (χ2n) is 7.02. The van der Waals surface area contributed by atoms with E-state index in [1.165, 1.54) is 5.56 Å². The van der Waals surface area contributed by atoms with Gasteiger partial charge in [-0.15, -0.1) is 24.0 Å². The van der Waals surface area contributed by atoms with Gasteiger partial charge >= 0.3 is 0 Å². The summed E-state index contributed by atoms with van der Waals surface area (Å²) >= 11 is 0. The summed E-state index contributed by atoms with van der Waals surface area (Å²) in [4.78, 5) is 9.21. The van der Waals surface area contributed by atoms with Crippen LogP contribution in [0.25, 0.3) is 0 Å². The highest BCUT2D eigenvalue weighted by atomic mass is 127. The van der Waals surface area contributed by atoms with E-state index in [1.807, 2.05) is 36.7 Å². The first kappa shape index (κ1) is 22.9. The fraction of sp³-hybridized carbons (Fsp3) is 0.304. The van der Waals surface area contributed by atoms with Crippen LogP contribution in [0.3, 0.4) is 0 Å². The lowest BCUT2D eigenvalue weighted by molar-refractivity contribution is 0.174. The summed E-state index contributed by atoms with van der Waals surface area (Å²) < 4.78 is 13.0. The van der Waals surface area contributed by atoms with E-state index in [0.29, 0.717) is 6.54 Å². The van der Waals surface area contributed by atoms with E-state index in [-0.39, 0.29) is 30.8 Å². The summed E-state index contributed by atoms with van der Waals surface area (Å²) in [5, 5.41) is 6.70. The average molecular weight is 533 g/mol. The zero-order chi connectivity index (χ0) is 20.6. The fourth-order valence-corrected chi connectivity index (χ4v) is 3.34. The summed E-state index contributed by atoms with van der Waals surface area (Å²) in [7, 11) is 0. The zero-order valence-corrected chi connectivity index (χ0v) is 19.9. The van der Waals surface area contributed by atoms with E-state index < -0.39 is 0 Å². The topological polar surface area (TPSA) is 72.7 Å². The first-order valence-corrected chi connectivity index (χ1v) is 10.3. The van der Waals surface area contributed by atoms with Gasteiger partial charge in [0.1, 0.15) is 5.82 Å². The Kier molecular flexibility index (Phi) is 8.57.